The first-order valence-electron chi connectivity index (χ1n) is 14.5. The van der Waals surface area contributed by atoms with Crippen LogP contribution < -0.4 is 25.4 Å². The number of nitrogens with one attached hydrogen (secondary N) is 3. The summed E-state index contributed by atoms with van der Waals surface area (Å²) in [5.74, 6) is 1.93. The molecule has 1 aliphatic rings. The summed E-state index contributed by atoms with van der Waals surface area (Å²) in [5, 5.41) is 11.7. The van der Waals surface area contributed by atoms with Gasteiger partial charge >= 0.3 is 0 Å². The molecule has 0 saturated carbocycles. The van der Waals surface area contributed by atoms with Gasteiger partial charge in [0.15, 0.2) is 11.6 Å². The summed E-state index contributed by atoms with van der Waals surface area (Å²) in [4.78, 5) is 26.5. The lowest BCUT2D eigenvalue weighted by molar-refractivity contribution is -0.116. The number of nitrogens with zero attached hydrogens (tertiary/aromatic N) is 3. The number of benzene rings is 1. The van der Waals surface area contributed by atoms with Gasteiger partial charge in [-0.3, -0.25) is 4.79 Å². The molecule has 0 amide bonds. The fourth-order valence-corrected chi connectivity index (χ4v) is 5.71. The molecule has 12 heteroatoms. The number of ether oxygens (including phenoxy) is 3. The lowest BCUT2D eigenvalue weighted by Crippen LogP contribution is -2.40. The van der Waals surface area contributed by atoms with E-state index in [4.69, 9.17) is 47.4 Å². The van der Waals surface area contributed by atoms with Crippen molar-refractivity contribution in [2.24, 2.45) is 5.92 Å². The zero-order valence-corrected chi connectivity index (χ0v) is 26.6. The maximum atomic E-state index is 12.1. The first-order valence-corrected chi connectivity index (χ1v) is 15.3. The summed E-state index contributed by atoms with van der Waals surface area (Å²) in [6.07, 6.45) is 6.20. The molecular formula is C31H40Cl2N6O4. The van der Waals surface area contributed by atoms with Gasteiger partial charge < -0.3 is 30.2 Å². The van der Waals surface area contributed by atoms with Crippen LogP contribution in [-0.4, -0.2) is 73.3 Å². The number of fused-ring (bicyclic) bond motifs is 1. The van der Waals surface area contributed by atoms with E-state index in [1.807, 2.05) is 6.07 Å². The van der Waals surface area contributed by atoms with E-state index in [2.05, 4.69) is 41.4 Å². The molecule has 2 aromatic heterocycles. The van der Waals surface area contributed by atoms with Crippen LogP contribution in [0.4, 0.5) is 11.8 Å². The lowest BCUT2D eigenvalue weighted by atomic mass is 9.90. The maximum Gasteiger partial charge on any atom is 0.223 e. The number of pyridine rings is 1. The van der Waals surface area contributed by atoms with E-state index in [0.717, 1.165) is 31.2 Å². The van der Waals surface area contributed by atoms with E-state index in [1.54, 1.807) is 12.3 Å². The van der Waals surface area contributed by atoms with Crippen molar-refractivity contribution in [3.8, 4) is 22.8 Å². The van der Waals surface area contributed by atoms with Crippen molar-refractivity contribution in [1.82, 2.24) is 20.3 Å². The van der Waals surface area contributed by atoms with Crippen molar-refractivity contribution in [3.63, 3.8) is 0 Å². The second kappa shape index (κ2) is 15.5. The van der Waals surface area contributed by atoms with Crippen molar-refractivity contribution in [2.75, 3.05) is 51.2 Å². The van der Waals surface area contributed by atoms with E-state index < -0.39 is 0 Å². The molecule has 232 valence electrons. The Hall–Kier alpha value is -3.18. The van der Waals surface area contributed by atoms with Gasteiger partial charge in [-0.25, -0.2) is 15.0 Å². The van der Waals surface area contributed by atoms with Gasteiger partial charge in [-0.2, -0.15) is 0 Å². The number of hydrogen-bond donors (Lipinski definition) is 3. The van der Waals surface area contributed by atoms with Crippen LogP contribution in [0.25, 0.3) is 22.2 Å². The normalized spacial score (nSPS) is 16.7. The molecule has 0 radical (unpaired) electrons. The number of methoxy groups -OCH3 is 2. The second-order valence-electron chi connectivity index (χ2n) is 10.8. The summed E-state index contributed by atoms with van der Waals surface area (Å²) in [5.41, 5.74) is 1.65. The van der Waals surface area contributed by atoms with Crippen LogP contribution in [0.15, 0.2) is 31.0 Å². The first kappa shape index (κ1) is 32.7. The summed E-state index contributed by atoms with van der Waals surface area (Å²) in [6, 6.07) is 3.81. The zero-order valence-electron chi connectivity index (χ0n) is 25.1. The number of unbranched alkanes of at least 4 members (excludes halogenated alkanes) is 1. The number of hydrogen-bond acceptors (Lipinski definition) is 10. The molecule has 0 unspecified atom stereocenters. The third-order valence-electron chi connectivity index (χ3n) is 7.35. The van der Waals surface area contributed by atoms with Crippen molar-refractivity contribution in [1.29, 1.82) is 0 Å². The number of anilines is 2. The molecule has 1 fully saturated rings. The van der Waals surface area contributed by atoms with Crippen LogP contribution in [0.5, 0.6) is 11.5 Å². The standard InChI is InChI=1S/C31H40Cl2N6O4/c1-6-21(40)13-19-9-12-43-17-23(19)38-31-36-16-20-14-22(26-27(32)24(41-4)15-25(42-5)28(26)33)37-30(29(20)39-31)35-11-8-7-10-34-18(2)3/h6,14-16,18-19,23,34H,1,7-13,17H2,2-5H3,(H,35,37)(H,36,38,39)/t19-,23-/m1/s1. The molecular weight excluding hydrogens is 591 g/mol. The zero-order chi connectivity index (χ0) is 30.9. The third kappa shape index (κ3) is 8.26. The van der Waals surface area contributed by atoms with Crippen LogP contribution in [0, 0.1) is 5.92 Å². The quantitative estimate of drug-likeness (QED) is 0.133. The van der Waals surface area contributed by atoms with Crippen LogP contribution in [0.3, 0.4) is 0 Å². The molecule has 1 aromatic carbocycles. The monoisotopic (exact) mass is 630 g/mol. The molecule has 10 nitrogen and oxygen atoms in total. The molecule has 2 atom stereocenters. The van der Waals surface area contributed by atoms with Crippen molar-refractivity contribution >= 4 is 51.7 Å². The van der Waals surface area contributed by atoms with E-state index >= 15 is 0 Å². The highest BCUT2D eigenvalue weighted by Gasteiger charge is 2.28. The predicted molar refractivity (Wildman–Crippen MR) is 173 cm³/mol. The molecule has 1 aliphatic heterocycles. The highest BCUT2D eigenvalue weighted by Crippen LogP contribution is 2.46. The number of halogens is 2. The highest BCUT2D eigenvalue weighted by molar-refractivity contribution is 6.41. The lowest BCUT2D eigenvalue weighted by Gasteiger charge is -2.31. The highest BCUT2D eigenvalue weighted by atomic mass is 35.5. The molecule has 3 aromatic rings. The molecule has 3 heterocycles. The Bertz CT molecular complexity index is 1410. The smallest absolute Gasteiger partial charge is 0.223 e. The van der Waals surface area contributed by atoms with E-state index in [1.165, 1.54) is 20.3 Å². The largest absolute Gasteiger partial charge is 0.495 e. The number of allylic oxidation sites excluding steroid dienone is 1. The van der Waals surface area contributed by atoms with Gasteiger partial charge in [0, 0.05) is 48.8 Å². The van der Waals surface area contributed by atoms with Gasteiger partial charge in [-0.15, -0.1) is 0 Å². The Morgan fingerprint density at radius 2 is 1.86 bits per heavy atom. The fraction of sp³-hybridized carbons (Fsp3) is 0.484. The molecule has 3 N–H and O–H groups in total. The van der Waals surface area contributed by atoms with Gasteiger partial charge in [-0.1, -0.05) is 43.6 Å². The van der Waals surface area contributed by atoms with Gasteiger partial charge in [-0.05, 0) is 43.9 Å². The van der Waals surface area contributed by atoms with Crippen molar-refractivity contribution in [3.05, 3.63) is 41.0 Å². The second-order valence-corrected chi connectivity index (χ2v) is 11.5. The molecule has 1 saturated heterocycles. The van der Waals surface area contributed by atoms with Gasteiger partial charge in [0.1, 0.15) is 17.0 Å². The molecule has 0 bridgehead atoms. The van der Waals surface area contributed by atoms with Gasteiger partial charge in [0.25, 0.3) is 0 Å². The Morgan fingerprint density at radius 3 is 2.53 bits per heavy atom. The average Bonchev–Trinajstić information content (AvgIpc) is 3.00. The summed E-state index contributed by atoms with van der Waals surface area (Å²) < 4.78 is 16.7. The topological polar surface area (TPSA) is 120 Å². The van der Waals surface area contributed by atoms with E-state index in [9.17, 15) is 4.79 Å². The number of ketones is 1. The van der Waals surface area contributed by atoms with Crippen LogP contribution in [0.2, 0.25) is 10.0 Å². The van der Waals surface area contributed by atoms with Gasteiger partial charge in [0.05, 0.1) is 42.6 Å². The average molecular weight is 632 g/mol. The number of rotatable bonds is 15. The summed E-state index contributed by atoms with van der Waals surface area (Å²) in [7, 11) is 3.07. The van der Waals surface area contributed by atoms with E-state index in [0.29, 0.717) is 82.3 Å². The Balaban J connectivity index is 1.70. The third-order valence-corrected chi connectivity index (χ3v) is 8.10. The Kier molecular flexibility index (Phi) is 11.8. The van der Waals surface area contributed by atoms with Crippen molar-refractivity contribution < 1.29 is 19.0 Å². The Labute approximate surface area is 262 Å². The number of carbonyl (C=O) groups excluding carboxylic acids is 1. The fourth-order valence-electron chi connectivity index (χ4n) is 5.01. The Morgan fingerprint density at radius 1 is 1.14 bits per heavy atom. The van der Waals surface area contributed by atoms with Crippen LogP contribution >= 0.6 is 23.2 Å². The molecule has 43 heavy (non-hydrogen) atoms. The minimum Gasteiger partial charge on any atom is -0.495 e. The van der Waals surface area contributed by atoms with E-state index in [-0.39, 0.29) is 17.7 Å². The van der Waals surface area contributed by atoms with Crippen LogP contribution in [0.1, 0.15) is 39.5 Å². The van der Waals surface area contributed by atoms with Crippen molar-refractivity contribution in [2.45, 2.75) is 51.6 Å². The van der Waals surface area contributed by atoms with Gasteiger partial charge in [0.2, 0.25) is 5.95 Å². The molecule has 0 spiro atoms. The minimum absolute atomic E-state index is 0.0106. The summed E-state index contributed by atoms with van der Waals surface area (Å²) in [6.45, 7) is 10.6. The number of carbonyl (C=O) groups is 1. The first-order chi connectivity index (χ1) is 20.7. The molecule has 4 rings (SSSR count). The molecule has 0 aliphatic carbocycles. The predicted octanol–water partition coefficient (Wildman–Crippen LogP) is 6.17. The number of aromatic nitrogens is 3. The SMILES string of the molecule is C=CC(=O)C[C@H]1CCOC[C@H]1Nc1ncc2cc(-c3c(Cl)c(OC)cc(OC)c3Cl)nc(NCCCCNC(C)C)c2n1. The summed E-state index contributed by atoms with van der Waals surface area (Å²) >= 11 is 13.5. The minimum atomic E-state index is -0.117. The maximum absolute atomic E-state index is 12.1. The van der Waals surface area contributed by atoms with Crippen LogP contribution in [-0.2, 0) is 9.53 Å².